The maximum Gasteiger partial charge on any atom is 0.254 e. The summed E-state index contributed by atoms with van der Waals surface area (Å²) in [6.45, 7) is 3.49. The Kier molecular flexibility index (Phi) is 5.21. The number of nitrogens with zero attached hydrogens (tertiary/aromatic N) is 1. The third-order valence-corrected chi connectivity index (χ3v) is 4.73. The minimum absolute atomic E-state index is 0.143. The first-order chi connectivity index (χ1) is 9.17. The van der Waals surface area contributed by atoms with Crippen LogP contribution >= 0.6 is 22.6 Å². The van der Waals surface area contributed by atoms with Crippen LogP contribution in [0.5, 0.6) is 0 Å². The topological polar surface area (TPSA) is 46.3 Å². The third kappa shape index (κ3) is 3.28. The fraction of sp³-hybridized carbons (Fsp3) is 0.533. The Labute approximate surface area is 128 Å². The molecule has 0 saturated heterocycles. The summed E-state index contributed by atoms with van der Waals surface area (Å²) in [4.78, 5) is 14.6. The van der Waals surface area contributed by atoms with Crippen LogP contribution in [-0.2, 0) is 0 Å². The number of hydrogen-bond donors (Lipinski definition) is 1. The summed E-state index contributed by atoms with van der Waals surface area (Å²) < 4.78 is 1.15. The van der Waals surface area contributed by atoms with Crippen LogP contribution in [0.3, 0.4) is 0 Å². The molecule has 1 aliphatic rings. The van der Waals surface area contributed by atoms with Gasteiger partial charge < -0.3 is 10.6 Å². The highest BCUT2D eigenvalue weighted by Crippen LogP contribution is 2.30. The molecule has 0 spiro atoms. The largest absolute Gasteiger partial charge is 0.336 e. The number of halogens is 1. The summed E-state index contributed by atoms with van der Waals surface area (Å²) in [5, 5.41) is 0. The van der Waals surface area contributed by atoms with E-state index in [1.54, 1.807) is 0 Å². The first-order valence-corrected chi connectivity index (χ1v) is 8.01. The Morgan fingerprint density at radius 3 is 2.63 bits per heavy atom. The van der Waals surface area contributed by atoms with Crippen molar-refractivity contribution in [1.29, 1.82) is 0 Å². The van der Waals surface area contributed by atoms with Gasteiger partial charge in [-0.2, -0.15) is 0 Å². The fourth-order valence-corrected chi connectivity index (χ4v) is 3.35. The second-order valence-corrected chi connectivity index (χ2v) is 6.34. The van der Waals surface area contributed by atoms with Gasteiger partial charge in [0.05, 0.1) is 0 Å². The van der Waals surface area contributed by atoms with Gasteiger partial charge in [0.1, 0.15) is 0 Å². The van der Waals surface area contributed by atoms with Gasteiger partial charge in [-0.3, -0.25) is 4.79 Å². The van der Waals surface area contributed by atoms with E-state index >= 15 is 0 Å². The van der Waals surface area contributed by atoms with Gasteiger partial charge in [0.2, 0.25) is 0 Å². The maximum absolute atomic E-state index is 12.6. The monoisotopic (exact) mass is 372 g/mol. The molecular formula is C15H21IN2O. The zero-order chi connectivity index (χ0) is 13.8. The Morgan fingerprint density at radius 2 is 2.05 bits per heavy atom. The molecular weight excluding hydrogens is 351 g/mol. The molecule has 0 bridgehead atoms. The number of carbonyl (C=O) groups is 1. The van der Waals surface area contributed by atoms with Crippen molar-refractivity contribution in [3.8, 4) is 0 Å². The molecule has 2 rings (SSSR count). The molecule has 19 heavy (non-hydrogen) atoms. The number of benzene rings is 1. The van der Waals surface area contributed by atoms with E-state index in [-0.39, 0.29) is 5.91 Å². The van der Waals surface area contributed by atoms with E-state index in [0.29, 0.717) is 18.5 Å². The predicted molar refractivity (Wildman–Crippen MR) is 86.1 cm³/mol. The SMILES string of the molecule is CCN(C(=O)c1ccc(I)cc1)C1CCCC1CN. The van der Waals surface area contributed by atoms with Gasteiger partial charge in [-0.15, -0.1) is 0 Å². The Bertz CT molecular complexity index is 432. The highest BCUT2D eigenvalue weighted by atomic mass is 127. The lowest BCUT2D eigenvalue weighted by Crippen LogP contribution is -2.44. The molecule has 2 atom stereocenters. The number of carbonyl (C=O) groups excluding carboxylic acids is 1. The van der Waals surface area contributed by atoms with Crippen LogP contribution in [-0.4, -0.2) is 29.9 Å². The highest BCUT2D eigenvalue weighted by Gasteiger charge is 2.33. The van der Waals surface area contributed by atoms with E-state index in [2.05, 4.69) is 29.5 Å². The van der Waals surface area contributed by atoms with Gasteiger partial charge in [0.15, 0.2) is 0 Å². The molecule has 1 aromatic carbocycles. The smallest absolute Gasteiger partial charge is 0.254 e. The van der Waals surface area contributed by atoms with Gasteiger partial charge in [0.25, 0.3) is 5.91 Å². The number of amides is 1. The third-order valence-electron chi connectivity index (χ3n) is 4.01. The van der Waals surface area contributed by atoms with Gasteiger partial charge in [0, 0.05) is 21.7 Å². The molecule has 1 fully saturated rings. The summed E-state index contributed by atoms with van der Waals surface area (Å²) in [6.07, 6.45) is 3.42. The van der Waals surface area contributed by atoms with Gasteiger partial charge in [-0.1, -0.05) is 6.42 Å². The average Bonchev–Trinajstić information content (AvgIpc) is 2.88. The lowest BCUT2D eigenvalue weighted by Gasteiger charge is -2.32. The van der Waals surface area contributed by atoms with Crippen molar-refractivity contribution in [1.82, 2.24) is 4.90 Å². The van der Waals surface area contributed by atoms with E-state index in [1.807, 2.05) is 29.2 Å². The van der Waals surface area contributed by atoms with Crippen LogP contribution in [0.4, 0.5) is 0 Å². The molecule has 0 aromatic heterocycles. The van der Waals surface area contributed by atoms with Crippen molar-refractivity contribution >= 4 is 28.5 Å². The second-order valence-electron chi connectivity index (χ2n) is 5.09. The number of nitrogens with two attached hydrogens (primary N) is 1. The van der Waals surface area contributed by atoms with Gasteiger partial charge >= 0.3 is 0 Å². The van der Waals surface area contributed by atoms with Gasteiger partial charge in [-0.25, -0.2) is 0 Å². The number of rotatable bonds is 4. The first-order valence-electron chi connectivity index (χ1n) is 6.94. The lowest BCUT2D eigenvalue weighted by atomic mass is 10.0. The summed E-state index contributed by atoms with van der Waals surface area (Å²) in [5.41, 5.74) is 6.62. The maximum atomic E-state index is 12.6. The molecule has 1 saturated carbocycles. The van der Waals surface area contributed by atoms with E-state index < -0.39 is 0 Å². The second kappa shape index (κ2) is 6.70. The molecule has 2 N–H and O–H groups in total. The molecule has 104 valence electrons. The zero-order valence-electron chi connectivity index (χ0n) is 11.3. The zero-order valence-corrected chi connectivity index (χ0v) is 13.5. The molecule has 0 heterocycles. The Morgan fingerprint density at radius 1 is 1.37 bits per heavy atom. The normalized spacial score (nSPS) is 22.5. The summed E-state index contributed by atoms with van der Waals surface area (Å²) in [6, 6.07) is 8.12. The quantitative estimate of drug-likeness (QED) is 0.827. The predicted octanol–water partition coefficient (Wildman–Crippen LogP) is 2.88. The fourth-order valence-electron chi connectivity index (χ4n) is 2.99. The highest BCUT2D eigenvalue weighted by molar-refractivity contribution is 14.1. The van der Waals surface area contributed by atoms with Crippen molar-refractivity contribution in [2.75, 3.05) is 13.1 Å². The van der Waals surface area contributed by atoms with Crippen molar-refractivity contribution < 1.29 is 4.79 Å². The minimum Gasteiger partial charge on any atom is -0.336 e. The van der Waals surface area contributed by atoms with Crippen LogP contribution in [0.15, 0.2) is 24.3 Å². The molecule has 4 heteroatoms. The minimum atomic E-state index is 0.143. The van der Waals surface area contributed by atoms with Crippen LogP contribution in [0, 0.1) is 9.49 Å². The summed E-state index contributed by atoms with van der Waals surface area (Å²) >= 11 is 2.25. The molecule has 0 aliphatic heterocycles. The summed E-state index contributed by atoms with van der Waals surface area (Å²) in [7, 11) is 0. The molecule has 0 radical (unpaired) electrons. The standard InChI is InChI=1S/C15H21IN2O/c1-2-18(14-5-3-4-12(14)10-17)15(19)11-6-8-13(16)9-7-11/h6-9,12,14H,2-5,10,17H2,1H3. The Balaban J connectivity index is 2.17. The van der Waals surface area contributed by atoms with Crippen LogP contribution < -0.4 is 5.73 Å². The molecule has 1 amide bonds. The van der Waals surface area contributed by atoms with Crippen molar-refractivity contribution in [2.45, 2.75) is 32.2 Å². The van der Waals surface area contributed by atoms with Crippen molar-refractivity contribution in [3.63, 3.8) is 0 Å². The van der Waals surface area contributed by atoms with Crippen LogP contribution in [0.1, 0.15) is 36.5 Å². The van der Waals surface area contributed by atoms with E-state index in [4.69, 9.17) is 5.73 Å². The molecule has 3 nitrogen and oxygen atoms in total. The van der Waals surface area contributed by atoms with E-state index in [9.17, 15) is 4.79 Å². The molecule has 2 unspecified atom stereocenters. The van der Waals surface area contributed by atoms with Crippen molar-refractivity contribution in [2.24, 2.45) is 11.7 Å². The Hall–Kier alpha value is -0.620. The van der Waals surface area contributed by atoms with Crippen LogP contribution in [0.25, 0.3) is 0 Å². The lowest BCUT2D eigenvalue weighted by molar-refractivity contribution is 0.0652. The van der Waals surface area contributed by atoms with E-state index in [0.717, 1.165) is 28.5 Å². The van der Waals surface area contributed by atoms with E-state index in [1.165, 1.54) is 6.42 Å². The van der Waals surface area contributed by atoms with Gasteiger partial charge in [-0.05, 0) is 79.1 Å². The first kappa shape index (κ1) is 14.8. The van der Waals surface area contributed by atoms with Crippen molar-refractivity contribution in [3.05, 3.63) is 33.4 Å². The summed E-state index contributed by atoms with van der Waals surface area (Å²) in [5.74, 6) is 0.608. The molecule has 1 aliphatic carbocycles. The average molecular weight is 372 g/mol. The molecule has 1 aromatic rings. The van der Waals surface area contributed by atoms with Crippen LogP contribution in [0.2, 0.25) is 0 Å². The number of hydrogen-bond acceptors (Lipinski definition) is 2.